The fourth-order valence-electron chi connectivity index (χ4n) is 1.73. The Morgan fingerprint density at radius 3 is 3.05 bits per heavy atom. The monoisotopic (exact) mass is 305 g/mol. The summed E-state index contributed by atoms with van der Waals surface area (Å²) in [4.78, 5) is 15.7. The number of halogens is 1. The van der Waals surface area contributed by atoms with Crippen molar-refractivity contribution in [1.82, 2.24) is 14.8 Å². The van der Waals surface area contributed by atoms with Gasteiger partial charge in [0.1, 0.15) is 12.4 Å². The highest BCUT2D eigenvalue weighted by molar-refractivity contribution is 6.30. The van der Waals surface area contributed by atoms with Crippen molar-refractivity contribution < 1.29 is 14.3 Å². The van der Waals surface area contributed by atoms with Gasteiger partial charge in [-0.3, -0.25) is 0 Å². The average molecular weight is 306 g/mol. The number of rotatable bonds is 4. The average Bonchev–Trinajstić information content (AvgIpc) is 2.90. The zero-order valence-corrected chi connectivity index (χ0v) is 11.7. The molecule has 7 heteroatoms. The van der Waals surface area contributed by atoms with E-state index in [9.17, 15) is 4.79 Å². The van der Waals surface area contributed by atoms with E-state index in [-0.39, 0.29) is 6.10 Å². The second-order valence-electron chi connectivity index (χ2n) is 4.47. The predicted molar refractivity (Wildman–Crippen MR) is 76.5 cm³/mol. The number of carbonyl (C=O) groups excluding carboxylic acids is 1. The Bertz CT molecular complexity index is 680. The molecule has 0 saturated carbocycles. The SMILES string of the molecule is O=C(/C=C\n1cnc(-c2cccc(Cl)c2)n1)OC1COC1. The molecule has 0 aliphatic carbocycles. The number of nitrogens with zero attached hydrogens (tertiary/aromatic N) is 3. The maximum absolute atomic E-state index is 11.5. The molecule has 21 heavy (non-hydrogen) atoms. The highest BCUT2D eigenvalue weighted by Crippen LogP contribution is 2.18. The molecule has 2 heterocycles. The molecule has 1 aromatic heterocycles. The van der Waals surface area contributed by atoms with Gasteiger partial charge in [0, 0.05) is 22.9 Å². The van der Waals surface area contributed by atoms with E-state index in [1.54, 1.807) is 12.1 Å². The van der Waals surface area contributed by atoms with Crippen molar-refractivity contribution >= 4 is 23.8 Å². The normalized spacial score (nSPS) is 15.1. The quantitative estimate of drug-likeness (QED) is 0.638. The van der Waals surface area contributed by atoms with Gasteiger partial charge in [-0.1, -0.05) is 23.7 Å². The topological polar surface area (TPSA) is 66.2 Å². The first-order valence-electron chi connectivity index (χ1n) is 6.34. The van der Waals surface area contributed by atoms with Gasteiger partial charge < -0.3 is 9.47 Å². The lowest BCUT2D eigenvalue weighted by atomic mass is 10.2. The van der Waals surface area contributed by atoms with Crippen LogP contribution in [0, 0.1) is 0 Å². The van der Waals surface area contributed by atoms with E-state index in [0.29, 0.717) is 24.1 Å². The molecule has 0 atom stereocenters. The Morgan fingerprint density at radius 1 is 1.48 bits per heavy atom. The highest BCUT2D eigenvalue weighted by Gasteiger charge is 2.21. The van der Waals surface area contributed by atoms with E-state index in [2.05, 4.69) is 10.1 Å². The maximum atomic E-state index is 11.5. The van der Waals surface area contributed by atoms with Gasteiger partial charge in [0.05, 0.1) is 13.2 Å². The third-order valence-corrected chi connectivity index (χ3v) is 3.08. The lowest BCUT2D eigenvalue weighted by Crippen LogP contribution is -2.37. The van der Waals surface area contributed by atoms with Gasteiger partial charge in [0.2, 0.25) is 0 Å². The lowest BCUT2D eigenvalue weighted by Gasteiger charge is -2.24. The summed E-state index contributed by atoms with van der Waals surface area (Å²) in [5.41, 5.74) is 0.809. The Morgan fingerprint density at radius 2 is 2.33 bits per heavy atom. The lowest BCUT2D eigenvalue weighted by molar-refractivity contribution is -0.166. The van der Waals surface area contributed by atoms with Crippen LogP contribution in [0.4, 0.5) is 0 Å². The fraction of sp³-hybridized carbons (Fsp3) is 0.214. The van der Waals surface area contributed by atoms with E-state index >= 15 is 0 Å². The molecule has 0 bridgehead atoms. The summed E-state index contributed by atoms with van der Waals surface area (Å²) in [5, 5.41) is 4.85. The smallest absolute Gasteiger partial charge is 0.332 e. The van der Waals surface area contributed by atoms with Crippen molar-refractivity contribution in [3.8, 4) is 11.4 Å². The van der Waals surface area contributed by atoms with Crippen molar-refractivity contribution in [2.24, 2.45) is 0 Å². The molecule has 0 spiro atoms. The summed E-state index contributed by atoms with van der Waals surface area (Å²) < 4.78 is 11.4. The van der Waals surface area contributed by atoms with Crippen LogP contribution < -0.4 is 0 Å². The first-order valence-corrected chi connectivity index (χ1v) is 6.72. The van der Waals surface area contributed by atoms with Crippen LogP contribution in [0.1, 0.15) is 0 Å². The van der Waals surface area contributed by atoms with Crippen LogP contribution in [0.15, 0.2) is 36.7 Å². The Balaban J connectivity index is 1.65. The number of benzene rings is 1. The molecular weight excluding hydrogens is 294 g/mol. The van der Waals surface area contributed by atoms with Crippen LogP contribution in [0.5, 0.6) is 0 Å². The Kier molecular flexibility index (Phi) is 3.98. The van der Waals surface area contributed by atoms with Crippen LogP contribution in [-0.2, 0) is 14.3 Å². The van der Waals surface area contributed by atoms with Crippen molar-refractivity contribution in [1.29, 1.82) is 0 Å². The molecule has 0 amide bonds. The van der Waals surface area contributed by atoms with Crippen LogP contribution in [0.25, 0.3) is 17.6 Å². The van der Waals surface area contributed by atoms with Crippen molar-refractivity contribution in [2.45, 2.75) is 6.10 Å². The molecule has 1 aliphatic heterocycles. The van der Waals surface area contributed by atoms with E-state index in [1.807, 2.05) is 12.1 Å². The number of aromatic nitrogens is 3. The molecule has 0 radical (unpaired) electrons. The van der Waals surface area contributed by atoms with Gasteiger partial charge in [-0.2, -0.15) is 0 Å². The zero-order chi connectivity index (χ0) is 14.7. The molecule has 6 nitrogen and oxygen atoms in total. The Labute approximate surface area is 126 Å². The minimum Gasteiger partial charge on any atom is -0.454 e. The third-order valence-electron chi connectivity index (χ3n) is 2.84. The minimum atomic E-state index is -0.428. The van der Waals surface area contributed by atoms with Gasteiger partial charge in [0.15, 0.2) is 5.82 Å². The molecule has 108 valence electrons. The minimum absolute atomic E-state index is 0.139. The molecule has 1 aromatic carbocycles. The Hall–Kier alpha value is -2.18. The van der Waals surface area contributed by atoms with Crippen molar-refractivity contribution in [2.75, 3.05) is 13.2 Å². The standard InChI is InChI=1S/C14H12ClN3O3/c15-11-3-1-2-10(6-11)14-16-9-18(17-14)5-4-13(19)21-12-7-20-8-12/h1-6,9,12H,7-8H2/b5-4-. The molecule has 2 aromatic rings. The van der Waals surface area contributed by atoms with Crippen LogP contribution >= 0.6 is 11.6 Å². The van der Waals surface area contributed by atoms with Gasteiger partial charge in [-0.25, -0.2) is 14.5 Å². The second-order valence-corrected chi connectivity index (χ2v) is 4.91. The number of esters is 1. The first kappa shape index (κ1) is 13.8. The second kappa shape index (κ2) is 6.07. The zero-order valence-electron chi connectivity index (χ0n) is 11.0. The van der Waals surface area contributed by atoms with E-state index < -0.39 is 5.97 Å². The third kappa shape index (κ3) is 3.48. The summed E-state index contributed by atoms with van der Waals surface area (Å²) in [6, 6.07) is 7.24. The molecule has 0 N–H and O–H groups in total. The van der Waals surface area contributed by atoms with Crippen molar-refractivity contribution in [3.05, 3.63) is 41.7 Å². The highest BCUT2D eigenvalue weighted by atomic mass is 35.5. The van der Waals surface area contributed by atoms with Crippen LogP contribution in [-0.4, -0.2) is 40.1 Å². The maximum Gasteiger partial charge on any atom is 0.332 e. The van der Waals surface area contributed by atoms with Gasteiger partial charge in [-0.15, -0.1) is 5.10 Å². The first-order chi connectivity index (χ1) is 10.2. The molecule has 1 fully saturated rings. The van der Waals surface area contributed by atoms with E-state index in [4.69, 9.17) is 21.1 Å². The fourth-order valence-corrected chi connectivity index (χ4v) is 1.92. The molecule has 1 saturated heterocycles. The molecule has 0 unspecified atom stereocenters. The van der Waals surface area contributed by atoms with Crippen LogP contribution in [0.3, 0.4) is 0 Å². The van der Waals surface area contributed by atoms with E-state index in [0.717, 1.165) is 5.56 Å². The van der Waals surface area contributed by atoms with Gasteiger partial charge in [0.25, 0.3) is 0 Å². The van der Waals surface area contributed by atoms with Gasteiger partial charge >= 0.3 is 5.97 Å². The number of hydrogen-bond donors (Lipinski definition) is 0. The summed E-state index contributed by atoms with van der Waals surface area (Å²) >= 11 is 5.92. The van der Waals surface area contributed by atoms with Gasteiger partial charge in [-0.05, 0) is 12.1 Å². The number of ether oxygens (including phenoxy) is 2. The van der Waals surface area contributed by atoms with Crippen LogP contribution in [0.2, 0.25) is 5.02 Å². The summed E-state index contributed by atoms with van der Waals surface area (Å²) in [5.74, 6) is 0.103. The summed E-state index contributed by atoms with van der Waals surface area (Å²) in [6.45, 7) is 0.920. The van der Waals surface area contributed by atoms with E-state index in [1.165, 1.54) is 23.3 Å². The number of carbonyl (C=O) groups is 1. The predicted octanol–water partition coefficient (Wildman–Crippen LogP) is 2.01. The molecule has 3 rings (SSSR count). The number of hydrogen-bond acceptors (Lipinski definition) is 5. The summed E-state index contributed by atoms with van der Waals surface area (Å²) in [6.07, 6.45) is 4.16. The largest absolute Gasteiger partial charge is 0.454 e. The summed E-state index contributed by atoms with van der Waals surface area (Å²) in [7, 11) is 0. The molecular formula is C14H12ClN3O3. The molecule has 1 aliphatic rings. The van der Waals surface area contributed by atoms with Crippen molar-refractivity contribution in [3.63, 3.8) is 0 Å².